The Morgan fingerprint density at radius 2 is 0.513 bits per heavy atom. The predicted octanol–water partition coefficient (Wildman–Crippen LogP) is 22.0. The monoisotopic (exact) mass is 1060 g/mol. The lowest BCUT2D eigenvalue weighted by molar-refractivity contribution is -0.167. The van der Waals surface area contributed by atoms with Gasteiger partial charge in [-0.2, -0.15) is 0 Å². The molecule has 0 heterocycles. The van der Waals surface area contributed by atoms with Gasteiger partial charge in [-0.3, -0.25) is 14.4 Å². The SMILES string of the molecule is CC/C=C\C/C=C\C/C=C\C/C=C\C/C=C\C/C=C\C/C=C\CCCCCCCCCCCCCCCC(=O)OCC(COC(=O)CCCCCCCC)OC(=O)CCCCCCCCC/C=C\CCCCCCCC. The first-order valence-corrected chi connectivity index (χ1v) is 32.2. The van der Waals surface area contributed by atoms with Gasteiger partial charge in [-0.05, 0) is 103 Å². The number of ether oxygens (including phenoxy) is 3. The Morgan fingerprint density at radius 1 is 0.276 bits per heavy atom. The number of hydrogen-bond donors (Lipinski definition) is 0. The second kappa shape index (κ2) is 63.9. The Kier molecular flexibility index (Phi) is 60.8. The van der Waals surface area contributed by atoms with E-state index in [4.69, 9.17) is 14.2 Å². The number of allylic oxidation sites excluding steroid dienone is 16. The molecule has 6 heteroatoms. The Bertz CT molecular complexity index is 1490. The summed E-state index contributed by atoms with van der Waals surface area (Å²) in [5.41, 5.74) is 0. The summed E-state index contributed by atoms with van der Waals surface area (Å²) in [5, 5.41) is 0. The summed E-state index contributed by atoms with van der Waals surface area (Å²) in [5.74, 6) is -0.883. The molecule has 6 nitrogen and oxygen atoms in total. The highest BCUT2D eigenvalue weighted by Gasteiger charge is 2.19. The minimum Gasteiger partial charge on any atom is -0.462 e. The largest absolute Gasteiger partial charge is 0.462 e. The standard InChI is InChI=1S/C70H120O6/c1-4-7-10-13-16-18-20-22-24-26-27-28-29-30-31-32-33-34-35-36-37-38-39-40-41-42-43-45-46-48-50-52-54-57-60-63-69(72)75-66-67(65-74-68(71)62-59-56-15-12-9-6-3)76-70(73)64-61-58-55-53-51-49-47-44-25-23-21-19-17-14-11-8-5-2/h7,10,16,18,22-25,27-28,30-31,33-34,36-37,67H,4-6,8-9,11-15,17,19-21,26,29,32,35,38-66H2,1-3H3/b10-7-,18-16-,24-22-,25-23-,28-27-,31-30-,34-33-,37-36-. The quantitative estimate of drug-likeness (QED) is 0.0261. The first-order valence-electron chi connectivity index (χ1n) is 32.2. The van der Waals surface area contributed by atoms with Crippen LogP contribution in [-0.4, -0.2) is 37.2 Å². The molecule has 1 atom stereocenters. The van der Waals surface area contributed by atoms with Crippen LogP contribution in [0.2, 0.25) is 0 Å². The molecular weight excluding hydrogens is 937 g/mol. The van der Waals surface area contributed by atoms with E-state index in [1.165, 1.54) is 167 Å². The number of rotatable bonds is 58. The van der Waals surface area contributed by atoms with Crippen molar-refractivity contribution in [3.8, 4) is 0 Å². The number of hydrogen-bond acceptors (Lipinski definition) is 6. The normalized spacial score (nSPS) is 12.7. The van der Waals surface area contributed by atoms with Crippen LogP contribution in [0.4, 0.5) is 0 Å². The molecule has 0 saturated carbocycles. The fraction of sp³-hybridized carbons (Fsp3) is 0.729. The van der Waals surface area contributed by atoms with E-state index in [-0.39, 0.29) is 31.1 Å². The summed E-state index contributed by atoms with van der Waals surface area (Å²) in [4.78, 5) is 38.0. The Balaban J connectivity index is 4.02. The van der Waals surface area contributed by atoms with Crippen LogP contribution in [0.1, 0.15) is 310 Å². The second-order valence-corrected chi connectivity index (χ2v) is 21.3. The minimum absolute atomic E-state index is 0.0763. The van der Waals surface area contributed by atoms with Crippen LogP contribution in [0.25, 0.3) is 0 Å². The molecule has 0 N–H and O–H groups in total. The first-order chi connectivity index (χ1) is 37.5. The predicted molar refractivity (Wildman–Crippen MR) is 330 cm³/mol. The van der Waals surface area contributed by atoms with Gasteiger partial charge in [0.15, 0.2) is 6.10 Å². The van der Waals surface area contributed by atoms with Gasteiger partial charge in [0.2, 0.25) is 0 Å². The Hall–Kier alpha value is -3.67. The molecular formula is C70H120O6. The van der Waals surface area contributed by atoms with Gasteiger partial charge >= 0.3 is 17.9 Å². The van der Waals surface area contributed by atoms with E-state index in [0.717, 1.165) is 103 Å². The van der Waals surface area contributed by atoms with Crippen LogP contribution in [0.5, 0.6) is 0 Å². The van der Waals surface area contributed by atoms with Gasteiger partial charge in [0.05, 0.1) is 0 Å². The van der Waals surface area contributed by atoms with Crippen LogP contribution >= 0.6 is 0 Å². The Morgan fingerprint density at radius 3 is 0.816 bits per heavy atom. The molecule has 0 aromatic carbocycles. The highest BCUT2D eigenvalue weighted by atomic mass is 16.6. The summed E-state index contributed by atoms with van der Waals surface area (Å²) >= 11 is 0. The summed E-state index contributed by atoms with van der Waals surface area (Å²) in [7, 11) is 0. The van der Waals surface area contributed by atoms with E-state index >= 15 is 0 Å². The number of esters is 3. The van der Waals surface area contributed by atoms with Crippen molar-refractivity contribution in [1.82, 2.24) is 0 Å². The lowest BCUT2D eigenvalue weighted by atomic mass is 10.0. The molecule has 0 amide bonds. The molecule has 0 aromatic rings. The average Bonchev–Trinajstić information content (AvgIpc) is 3.42. The highest BCUT2D eigenvalue weighted by molar-refractivity contribution is 5.71. The van der Waals surface area contributed by atoms with Crippen LogP contribution in [0.15, 0.2) is 97.2 Å². The summed E-state index contributed by atoms with van der Waals surface area (Å²) < 4.78 is 16.8. The smallest absolute Gasteiger partial charge is 0.306 e. The molecule has 0 fully saturated rings. The van der Waals surface area contributed by atoms with Crippen LogP contribution in [0, 0.1) is 0 Å². The fourth-order valence-corrected chi connectivity index (χ4v) is 9.01. The summed E-state index contributed by atoms with van der Waals surface area (Å²) in [6, 6.07) is 0. The second-order valence-electron chi connectivity index (χ2n) is 21.3. The first kappa shape index (κ1) is 72.3. The third-order valence-corrected chi connectivity index (χ3v) is 13.8. The molecule has 436 valence electrons. The van der Waals surface area contributed by atoms with Gasteiger partial charge in [-0.1, -0.05) is 285 Å². The zero-order valence-corrected chi connectivity index (χ0v) is 50.0. The molecule has 0 aliphatic rings. The van der Waals surface area contributed by atoms with E-state index in [1.807, 2.05) is 0 Å². The maximum absolute atomic E-state index is 12.8. The van der Waals surface area contributed by atoms with Gasteiger partial charge in [0.25, 0.3) is 0 Å². The van der Waals surface area contributed by atoms with Crippen molar-refractivity contribution in [3.05, 3.63) is 97.2 Å². The number of carbonyl (C=O) groups excluding carboxylic acids is 3. The van der Waals surface area contributed by atoms with E-state index in [9.17, 15) is 14.4 Å². The van der Waals surface area contributed by atoms with Crippen molar-refractivity contribution in [2.45, 2.75) is 316 Å². The maximum atomic E-state index is 12.8. The van der Waals surface area contributed by atoms with Crippen molar-refractivity contribution in [2.75, 3.05) is 13.2 Å². The van der Waals surface area contributed by atoms with Gasteiger partial charge in [0.1, 0.15) is 13.2 Å². The van der Waals surface area contributed by atoms with Crippen LogP contribution in [-0.2, 0) is 28.6 Å². The van der Waals surface area contributed by atoms with Crippen LogP contribution in [0.3, 0.4) is 0 Å². The molecule has 0 radical (unpaired) electrons. The molecule has 1 unspecified atom stereocenters. The van der Waals surface area contributed by atoms with E-state index in [2.05, 4.69) is 118 Å². The third kappa shape index (κ3) is 61.2. The lowest BCUT2D eigenvalue weighted by Gasteiger charge is -2.18. The van der Waals surface area contributed by atoms with Crippen molar-refractivity contribution in [1.29, 1.82) is 0 Å². The third-order valence-electron chi connectivity index (χ3n) is 13.8. The average molecular weight is 1060 g/mol. The summed E-state index contributed by atoms with van der Waals surface area (Å²) in [6.45, 7) is 6.48. The van der Waals surface area contributed by atoms with Gasteiger partial charge < -0.3 is 14.2 Å². The Labute approximate surface area is 470 Å². The highest BCUT2D eigenvalue weighted by Crippen LogP contribution is 2.16. The van der Waals surface area contributed by atoms with Crippen molar-refractivity contribution >= 4 is 17.9 Å². The molecule has 0 rings (SSSR count). The molecule has 0 saturated heterocycles. The van der Waals surface area contributed by atoms with Crippen molar-refractivity contribution in [3.63, 3.8) is 0 Å². The van der Waals surface area contributed by atoms with Gasteiger partial charge in [-0.15, -0.1) is 0 Å². The molecule has 0 aliphatic heterocycles. The molecule has 0 spiro atoms. The molecule has 0 bridgehead atoms. The van der Waals surface area contributed by atoms with Crippen LogP contribution < -0.4 is 0 Å². The van der Waals surface area contributed by atoms with Gasteiger partial charge in [-0.25, -0.2) is 0 Å². The maximum Gasteiger partial charge on any atom is 0.306 e. The van der Waals surface area contributed by atoms with E-state index in [0.29, 0.717) is 19.3 Å². The molecule has 76 heavy (non-hydrogen) atoms. The van der Waals surface area contributed by atoms with Crippen molar-refractivity contribution < 1.29 is 28.6 Å². The number of unbranched alkanes of at least 4 members (excludes halogenated alkanes) is 31. The van der Waals surface area contributed by atoms with Gasteiger partial charge in [0, 0.05) is 19.3 Å². The fourth-order valence-electron chi connectivity index (χ4n) is 9.01. The zero-order chi connectivity index (χ0) is 55.0. The van der Waals surface area contributed by atoms with E-state index < -0.39 is 6.10 Å². The summed E-state index contributed by atoms with van der Waals surface area (Å²) in [6.07, 6.45) is 86.0. The topological polar surface area (TPSA) is 78.9 Å². The molecule has 0 aromatic heterocycles. The minimum atomic E-state index is -0.775. The lowest BCUT2D eigenvalue weighted by Crippen LogP contribution is -2.30. The zero-order valence-electron chi connectivity index (χ0n) is 50.0. The van der Waals surface area contributed by atoms with Crippen molar-refractivity contribution in [2.24, 2.45) is 0 Å². The number of carbonyl (C=O) groups is 3. The molecule has 0 aliphatic carbocycles. The van der Waals surface area contributed by atoms with E-state index in [1.54, 1.807) is 0 Å².